The summed E-state index contributed by atoms with van der Waals surface area (Å²) in [6.07, 6.45) is 4.17. The molecule has 1 saturated carbocycles. The number of hydrogen-bond donors (Lipinski definition) is 2. The van der Waals surface area contributed by atoms with Gasteiger partial charge < -0.3 is 10.6 Å². The molecule has 0 radical (unpaired) electrons. The van der Waals surface area contributed by atoms with E-state index in [-0.39, 0.29) is 23.2 Å². The van der Waals surface area contributed by atoms with Crippen LogP contribution < -0.4 is 10.6 Å². The molecule has 0 aromatic heterocycles. The van der Waals surface area contributed by atoms with Crippen molar-refractivity contribution in [3.05, 3.63) is 65.2 Å². The predicted molar refractivity (Wildman–Crippen MR) is 90.5 cm³/mol. The molecule has 2 aromatic rings. The number of nitrogens with one attached hydrogen (secondary N) is 2. The number of anilines is 1. The molecule has 2 amide bonds. The highest BCUT2D eigenvalue weighted by molar-refractivity contribution is 6.06. The number of rotatable bonds is 4. The van der Waals surface area contributed by atoms with Crippen molar-refractivity contribution < 1.29 is 18.4 Å². The molecular weight excluding hydrogens is 326 g/mol. The molecule has 1 aliphatic carbocycles. The summed E-state index contributed by atoms with van der Waals surface area (Å²) >= 11 is 0. The third-order valence-electron chi connectivity index (χ3n) is 4.25. The predicted octanol–water partition coefficient (Wildman–Crippen LogP) is 3.89. The van der Waals surface area contributed by atoms with Gasteiger partial charge >= 0.3 is 0 Å². The molecule has 0 bridgehead atoms. The zero-order valence-electron chi connectivity index (χ0n) is 13.5. The summed E-state index contributed by atoms with van der Waals surface area (Å²) in [7, 11) is 0. The summed E-state index contributed by atoms with van der Waals surface area (Å²) in [6.45, 7) is 0. The highest BCUT2D eigenvalue weighted by atomic mass is 19.2. The van der Waals surface area contributed by atoms with Gasteiger partial charge in [0.25, 0.3) is 11.8 Å². The summed E-state index contributed by atoms with van der Waals surface area (Å²) in [5.41, 5.74) is 0.804. The van der Waals surface area contributed by atoms with Crippen molar-refractivity contribution in [3.8, 4) is 0 Å². The Hall–Kier alpha value is -2.76. The van der Waals surface area contributed by atoms with E-state index in [9.17, 15) is 18.4 Å². The molecule has 0 unspecified atom stereocenters. The maximum Gasteiger partial charge on any atom is 0.255 e. The fraction of sp³-hybridized carbons (Fsp3) is 0.263. The number of hydrogen-bond acceptors (Lipinski definition) is 2. The minimum Gasteiger partial charge on any atom is -0.349 e. The summed E-state index contributed by atoms with van der Waals surface area (Å²) in [4.78, 5) is 24.6. The highest BCUT2D eigenvalue weighted by Gasteiger charge is 2.18. The van der Waals surface area contributed by atoms with E-state index >= 15 is 0 Å². The average molecular weight is 344 g/mol. The number of carbonyl (C=O) groups excluding carboxylic acids is 2. The van der Waals surface area contributed by atoms with Gasteiger partial charge in [-0.2, -0.15) is 0 Å². The van der Waals surface area contributed by atoms with Gasteiger partial charge in [-0.25, -0.2) is 8.78 Å². The van der Waals surface area contributed by atoms with Crippen LogP contribution in [0.1, 0.15) is 46.4 Å². The number of amides is 2. The van der Waals surface area contributed by atoms with Crippen LogP contribution in [0.2, 0.25) is 0 Å². The Balaban J connectivity index is 1.70. The molecule has 0 saturated heterocycles. The van der Waals surface area contributed by atoms with Crippen molar-refractivity contribution in [3.63, 3.8) is 0 Å². The van der Waals surface area contributed by atoms with Gasteiger partial charge in [0.1, 0.15) is 0 Å². The van der Waals surface area contributed by atoms with Crippen molar-refractivity contribution in [2.75, 3.05) is 5.32 Å². The van der Waals surface area contributed by atoms with E-state index in [2.05, 4.69) is 10.6 Å². The molecule has 3 rings (SSSR count). The van der Waals surface area contributed by atoms with Crippen LogP contribution in [0.4, 0.5) is 14.5 Å². The molecule has 1 aliphatic rings. The molecule has 0 aliphatic heterocycles. The van der Waals surface area contributed by atoms with Crippen molar-refractivity contribution in [2.45, 2.75) is 31.7 Å². The summed E-state index contributed by atoms with van der Waals surface area (Å²) < 4.78 is 26.2. The molecule has 4 nitrogen and oxygen atoms in total. The molecule has 0 atom stereocenters. The minimum absolute atomic E-state index is 0.143. The molecule has 1 fully saturated rings. The van der Waals surface area contributed by atoms with Crippen LogP contribution in [0.15, 0.2) is 42.5 Å². The normalized spacial score (nSPS) is 14.3. The van der Waals surface area contributed by atoms with E-state index in [0.717, 1.165) is 37.8 Å². The molecule has 0 spiro atoms. The van der Waals surface area contributed by atoms with E-state index in [0.29, 0.717) is 5.56 Å². The Bertz CT molecular complexity index is 802. The van der Waals surface area contributed by atoms with Gasteiger partial charge in [0.2, 0.25) is 0 Å². The lowest BCUT2D eigenvalue weighted by atomic mass is 10.1. The van der Waals surface area contributed by atoms with Gasteiger partial charge in [-0.1, -0.05) is 18.9 Å². The number of carbonyl (C=O) groups is 2. The van der Waals surface area contributed by atoms with Gasteiger partial charge in [0.15, 0.2) is 11.6 Å². The lowest BCUT2D eigenvalue weighted by Crippen LogP contribution is -2.32. The zero-order chi connectivity index (χ0) is 17.8. The minimum atomic E-state index is -1.04. The monoisotopic (exact) mass is 344 g/mol. The van der Waals surface area contributed by atoms with Crippen LogP contribution >= 0.6 is 0 Å². The SMILES string of the molecule is O=C(Nc1ccc(F)c(F)c1)c1cccc(C(=O)NC2CCCC2)c1. The molecule has 2 aromatic carbocycles. The first-order chi connectivity index (χ1) is 12.0. The van der Waals surface area contributed by atoms with Crippen LogP contribution in [-0.2, 0) is 0 Å². The summed E-state index contributed by atoms with van der Waals surface area (Å²) in [5, 5.41) is 5.45. The van der Waals surface area contributed by atoms with Crippen molar-refractivity contribution in [2.24, 2.45) is 0 Å². The molecule has 6 heteroatoms. The maximum absolute atomic E-state index is 13.2. The first-order valence-electron chi connectivity index (χ1n) is 8.20. The highest BCUT2D eigenvalue weighted by Crippen LogP contribution is 2.19. The van der Waals surface area contributed by atoms with Crippen LogP contribution in [0, 0.1) is 11.6 Å². The van der Waals surface area contributed by atoms with Gasteiger partial charge in [0.05, 0.1) is 0 Å². The molecule has 130 valence electrons. The Morgan fingerprint density at radius 3 is 2.24 bits per heavy atom. The van der Waals surface area contributed by atoms with Crippen LogP contribution in [0.3, 0.4) is 0 Å². The average Bonchev–Trinajstić information content (AvgIpc) is 3.11. The second-order valence-corrected chi connectivity index (χ2v) is 6.12. The van der Waals surface area contributed by atoms with Crippen molar-refractivity contribution in [1.82, 2.24) is 5.32 Å². The summed E-state index contributed by atoms with van der Waals surface area (Å²) in [6, 6.07) is 9.60. The van der Waals surface area contributed by atoms with Crippen LogP contribution in [0.5, 0.6) is 0 Å². The van der Waals surface area contributed by atoms with E-state index < -0.39 is 17.5 Å². The second kappa shape index (κ2) is 7.42. The Morgan fingerprint density at radius 1 is 0.880 bits per heavy atom. The van der Waals surface area contributed by atoms with E-state index in [1.54, 1.807) is 18.2 Å². The molecular formula is C19H18F2N2O2. The third-order valence-corrected chi connectivity index (χ3v) is 4.25. The van der Waals surface area contributed by atoms with E-state index in [4.69, 9.17) is 0 Å². The van der Waals surface area contributed by atoms with E-state index in [1.807, 2.05) is 0 Å². The second-order valence-electron chi connectivity index (χ2n) is 6.12. The lowest BCUT2D eigenvalue weighted by molar-refractivity contribution is 0.0938. The van der Waals surface area contributed by atoms with Gasteiger partial charge in [0, 0.05) is 28.9 Å². The third kappa shape index (κ3) is 4.21. The molecule has 0 heterocycles. The molecule has 2 N–H and O–H groups in total. The van der Waals surface area contributed by atoms with Crippen molar-refractivity contribution >= 4 is 17.5 Å². The summed E-state index contributed by atoms with van der Waals surface area (Å²) in [5.74, 6) is -2.73. The number of halogens is 2. The smallest absolute Gasteiger partial charge is 0.255 e. The van der Waals surface area contributed by atoms with Gasteiger partial charge in [-0.15, -0.1) is 0 Å². The zero-order valence-corrected chi connectivity index (χ0v) is 13.5. The quantitative estimate of drug-likeness (QED) is 0.884. The topological polar surface area (TPSA) is 58.2 Å². The fourth-order valence-corrected chi connectivity index (χ4v) is 2.92. The van der Waals surface area contributed by atoms with Crippen molar-refractivity contribution in [1.29, 1.82) is 0 Å². The van der Waals surface area contributed by atoms with Gasteiger partial charge in [-0.05, 0) is 43.2 Å². The maximum atomic E-state index is 13.2. The van der Waals surface area contributed by atoms with Gasteiger partial charge in [-0.3, -0.25) is 9.59 Å². The van der Waals surface area contributed by atoms with E-state index in [1.165, 1.54) is 12.1 Å². The Labute approximate surface area is 144 Å². The van der Waals surface area contributed by atoms with Crippen LogP contribution in [-0.4, -0.2) is 17.9 Å². The number of benzene rings is 2. The Kier molecular flexibility index (Phi) is 5.07. The van der Waals surface area contributed by atoms with Crippen LogP contribution in [0.25, 0.3) is 0 Å². The first kappa shape index (κ1) is 17.1. The fourth-order valence-electron chi connectivity index (χ4n) is 2.92. The standard InChI is InChI=1S/C19H18F2N2O2/c20-16-9-8-15(11-17(16)21)23-19(25)13-5-3-4-12(10-13)18(24)22-14-6-1-2-7-14/h3-5,8-11,14H,1-2,6-7H2,(H,22,24)(H,23,25). The lowest BCUT2D eigenvalue weighted by Gasteiger charge is -2.12. The first-order valence-corrected chi connectivity index (χ1v) is 8.20. The largest absolute Gasteiger partial charge is 0.349 e. The Morgan fingerprint density at radius 2 is 1.56 bits per heavy atom. The molecule has 25 heavy (non-hydrogen) atoms.